The molecule has 1 aliphatic rings. The Labute approximate surface area is 113 Å². The molecule has 0 bridgehead atoms. The van der Waals surface area contributed by atoms with Crippen molar-refractivity contribution < 1.29 is 0 Å². The summed E-state index contributed by atoms with van der Waals surface area (Å²) >= 11 is 1.96. The van der Waals surface area contributed by atoms with E-state index in [2.05, 4.69) is 43.6 Å². The Morgan fingerprint density at radius 1 is 1.11 bits per heavy atom. The third-order valence-electron chi connectivity index (χ3n) is 4.36. The molecular weight excluding hydrogens is 238 g/mol. The van der Waals surface area contributed by atoms with Crippen LogP contribution in [0.4, 0.5) is 0 Å². The van der Waals surface area contributed by atoms with Crippen molar-refractivity contribution in [2.45, 2.75) is 44.6 Å². The Morgan fingerprint density at radius 2 is 1.83 bits per heavy atom. The highest BCUT2D eigenvalue weighted by molar-refractivity contribution is 7.19. The molecule has 1 aromatic heterocycles. The number of thiophene rings is 1. The molecule has 0 amide bonds. The highest BCUT2D eigenvalue weighted by Gasteiger charge is 2.24. The molecule has 1 heterocycles. The summed E-state index contributed by atoms with van der Waals surface area (Å²) in [5.41, 5.74) is 1.64. The summed E-state index contributed by atoms with van der Waals surface area (Å²) in [7, 11) is 2.09. The van der Waals surface area contributed by atoms with Crippen LogP contribution in [0.25, 0.3) is 10.1 Å². The summed E-state index contributed by atoms with van der Waals surface area (Å²) < 4.78 is 1.46. The first-order chi connectivity index (χ1) is 8.79. The van der Waals surface area contributed by atoms with Gasteiger partial charge in [-0.05, 0) is 62.6 Å². The zero-order valence-corrected chi connectivity index (χ0v) is 12.0. The molecule has 18 heavy (non-hydrogen) atoms. The number of rotatable bonds is 2. The molecule has 0 saturated heterocycles. The topological polar surface area (TPSA) is 12.0 Å². The monoisotopic (exact) mass is 259 g/mol. The molecule has 2 aromatic rings. The minimum absolute atomic E-state index is 0.742. The summed E-state index contributed by atoms with van der Waals surface area (Å²) in [6, 6.07) is 9.64. The Kier molecular flexibility index (Phi) is 3.40. The average Bonchev–Trinajstić information content (AvgIpc) is 2.75. The van der Waals surface area contributed by atoms with Gasteiger partial charge in [-0.2, -0.15) is 0 Å². The van der Waals surface area contributed by atoms with Gasteiger partial charge in [0.25, 0.3) is 0 Å². The molecule has 1 N–H and O–H groups in total. The van der Waals surface area contributed by atoms with Gasteiger partial charge in [0.2, 0.25) is 0 Å². The van der Waals surface area contributed by atoms with E-state index < -0.39 is 0 Å². The standard InChI is InChI=1S/C16H21NS/c1-11-16(12-7-9-13(17-2)10-8-12)14-5-3-4-6-15(14)18-11/h3-6,12-13,17H,7-10H2,1-2H3. The molecule has 0 radical (unpaired) electrons. The smallest absolute Gasteiger partial charge is 0.0348 e. The van der Waals surface area contributed by atoms with Crippen LogP contribution in [0, 0.1) is 6.92 Å². The van der Waals surface area contributed by atoms with Gasteiger partial charge in [-0.25, -0.2) is 0 Å². The predicted molar refractivity (Wildman–Crippen MR) is 80.6 cm³/mol. The van der Waals surface area contributed by atoms with Crippen LogP contribution in [-0.4, -0.2) is 13.1 Å². The molecule has 1 aromatic carbocycles. The molecule has 1 aliphatic carbocycles. The van der Waals surface area contributed by atoms with Crippen molar-refractivity contribution in [3.05, 3.63) is 34.7 Å². The largest absolute Gasteiger partial charge is 0.317 e. The molecule has 2 heteroatoms. The number of benzene rings is 1. The zero-order valence-electron chi connectivity index (χ0n) is 11.2. The Hall–Kier alpha value is -0.860. The molecule has 0 aliphatic heterocycles. The Bertz CT molecular complexity index is 535. The van der Waals surface area contributed by atoms with Crippen molar-refractivity contribution in [3.8, 4) is 0 Å². The minimum Gasteiger partial charge on any atom is -0.317 e. The van der Waals surface area contributed by atoms with Gasteiger partial charge in [0.15, 0.2) is 0 Å². The van der Waals surface area contributed by atoms with Crippen LogP contribution in [0.1, 0.15) is 42.0 Å². The molecule has 1 saturated carbocycles. The zero-order chi connectivity index (χ0) is 12.5. The van der Waals surface area contributed by atoms with Crippen molar-refractivity contribution in [1.82, 2.24) is 5.32 Å². The van der Waals surface area contributed by atoms with Crippen molar-refractivity contribution in [2.24, 2.45) is 0 Å². The summed E-state index contributed by atoms with van der Waals surface area (Å²) in [6.07, 6.45) is 5.33. The van der Waals surface area contributed by atoms with Crippen molar-refractivity contribution >= 4 is 21.4 Å². The van der Waals surface area contributed by atoms with Crippen LogP contribution in [-0.2, 0) is 0 Å². The Balaban J connectivity index is 1.92. The lowest BCUT2D eigenvalue weighted by Gasteiger charge is -2.28. The summed E-state index contributed by atoms with van der Waals surface area (Å²) in [5.74, 6) is 0.783. The fraction of sp³-hybridized carbons (Fsp3) is 0.500. The number of hydrogen-bond acceptors (Lipinski definition) is 2. The fourth-order valence-corrected chi connectivity index (χ4v) is 4.52. The van der Waals surface area contributed by atoms with Gasteiger partial charge in [-0.1, -0.05) is 18.2 Å². The summed E-state index contributed by atoms with van der Waals surface area (Å²) in [5, 5.41) is 4.93. The molecule has 0 spiro atoms. The van der Waals surface area contributed by atoms with E-state index in [-0.39, 0.29) is 0 Å². The van der Waals surface area contributed by atoms with E-state index >= 15 is 0 Å². The highest BCUT2D eigenvalue weighted by atomic mass is 32.1. The van der Waals surface area contributed by atoms with Gasteiger partial charge < -0.3 is 5.32 Å². The lowest BCUT2D eigenvalue weighted by molar-refractivity contribution is 0.359. The first-order valence-corrected chi connectivity index (χ1v) is 7.76. The quantitative estimate of drug-likeness (QED) is 0.840. The van der Waals surface area contributed by atoms with Crippen molar-refractivity contribution in [3.63, 3.8) is 0 Å². The first kappa shape index (κ1) is 12.2. The van der Waals surface area contributed by atoms with Crippen LogP contribution in [0.5, 0.6) is 0 Å². The maximum absolute atomic E-state index is 3.42. The third kappa shape index (κ3) is 2.08. The van der Waals surface area contributed by atoms with E-state index in [1.54, 1.807) is 5.56 Å². The van der Waals surface area contributed by atoms with Crippen LogP contribution in [0.2, 0.25) is 0 Å². The maximum atomic E-state index is 3.42. The van der Waals surface area contributed by atoms with Crippen LogP contribution in [0.3, 0.4) is 0 Å². The number of fused-ring (bicyclic) bond motifs is 1. The van der Waals surface area contributed by atoms with E-state index in [9.17, 15) is 0 Å². The van der Waals surface area contributed by atoms with Gasteiger partial charge in [-0.3, -0.25) is 0 Å². The average molecular weight is 259 g/mol. The fourth-order valence-electron chi connectivity index (χ4n) is 3.37. The van der Waals surface area contributed by atoms with Crippen molar-refractivity contribution in [1.29, 1.82) is 0 Å². The minimum atomic E-state index is 0.742. The van der Waals surface area contributed by atoms with Gasteiger partial charge in [0.05, 0.1) is 0 Å². The molecule has 1 nitrogen and oxygen atoms in total. The second kappa shape index (κ2) is 5.02. The molecule has 1 fully saturated rings. The molecule has 96 valence electrons. The first-order valence-electron chi connectivity index (χ1n) is 6.95. The third-order valence-corrected chi connectivity index (χ3v) is 5.47. The number of nitrogens with one attached hydrogen (secondary N) is 1. The number of aryl methyl sites for hydroxylation is 1. The van der Waals surface area contributed by atoms with Gasteiger partial charge in [0.1, 0.15) is 0 Å². The van der Waals surface area contributed by atoms with E-state index in [1.165, 1.54) is 40.6 Å². The Morgan fingerprint density at radius 3 is 2.56 bits per heavy atom. The van der Waals surface area contributed by atoms with Crippen LogP contribution < -0.4 is 5.32 Å². The van der Waals surface area contributed by atoms with Crippen LogP contribution >= 0.6 is 11.3 Å². The lowest BCUT2D eigenvalue weighted by Crippen LogP contribution is -2.29. The SMILES string of the molecule is CNC1CCC(c2c(C)sc3ccccc23)CC1. The van der Waals surface area contributed by atoms with E-state index in [4.69, 9.17) is 0 Å². The van der Waals surface area contributed by atoms with Gasteiger partial charge >= 0.3 is 0 Å². The van der Waals surface area contributed by atoms with E-state index in [0.29, 0.717) is 0 Å². The molecule has 0 atom stereocenters. The summed E-state index contributed by atoms with van der Waals surface area (Å²) in [4.78, 5) is 1.53. The lowest BCUT2D eigenvalue weighted by atomic mass is 9.81. The molecular formula is C16H21NS. The van der Waals surface area contributed by atoms with E-state index in [1.807, 2.05) is 11.3 Å². The second-order valence-corrected chi connectivity index (χ2v) is 6.66. The maximum Gasteiger partial charge on any atom is 0.0348 e. The second-order valence-electron chi connectivity index (χ2n) is 5.41. The van der Waals surface area contributed by atoms with Crippen molar-refractivity contribution in [2.75, 3.05) is 7.05 Å². The van der Waals surface area contributed by atoms with Crippen LogP contribution in [0.15, 0.2) is 24.3 Å². The molecule has 0 unspecified atom stereocenters. The van der Waals surface area contributed by atoms with Gasteiger partial charge in [-0.15, -0.1) is 11.3 Å². The molecule has 3 rings (SSSR count). The number of hydrogen-bond donors (Lipinski definition) is 1. The highest BCUT2D eigenvalue weighted by Crippen LogP contribution is 2.41. The van der Waals surface area contributed by atoms with Gasteiger partial charge in [0, 0.05) is 15.6 Å². The summed E-state index contributed by atoms with van der Waals surface area (Å²) in [6.45, 7) is 2.30. The predicted octanol–water partition coefficient (Wildman–Crippen LogP) is 4.46. The normalized spacial score (nSPS) is 24.6. The van der Waals surface area contributed by atoms with E-state index in [0.717, 1.165) is 12.0 Å².